The number of nitrogens with zero attached hydrogens (tertiary/aromatic N) is 2. The van der Waals surface area contributed by atoms with E-state index in [2.05, 4.69) is 5.10 Å². The first-order chi connectivity index (χ1) is 10.8. The highest BCUT2D eigenvalue weighted by atomic mass is 16.5. The van der Waals surface area contributed by atoms with Gasteiger partial charge in [-0.3, -0.25) is 4.68 Å². The van der Waals surface area contributed by atoms with Crippen molar-refractivity contribution in [3.63, 3.8) is 0 Å². The lowest BCUT2D eigenvalue weighted by molar-refractivity contribution is 0.140. The minimum absolute atomic E-state index is 0.0845. The predicted octanol–water partition coefficient (Wildman–Crippen LogP) is 1.78. The topological polar surface area (TPSA) is 75.4 Å². The number of hydrogen-bond acceptors (Lipinski definition) is 5. The van der Waals surface area contributed by atoms with Gasteiger partial charge in [0.2, 0.25) is 0 Å². The van der Waals surface area contributed by atoms with Crippen LogP contribution >= 0.6 is 0 Å². The van der Waals surface area contributed by atoms with Crippen LogP contribution < -0.4 is 10.5 Å². The van der Waals surface area contributed by atoms with E-state index in [1.54, 1.807) is 10.9 Å². The zero-order valence-electron chi connectivity index (χ0n) is 12.0. The summed E-state index contributed by atoms with van der Waals surface area (Å²) in [4.78, 5) is 0. The highest BCUT2D eigenvalue weighted by Crippen LogP contribution is 2.20. The van der Waals surface area contributed by atoms with Gasteiger partial charge in [-0.05, 0) is 12.1 Å². The Bertz CT molecular complexity index is 747. The van der Waals surface area contributed by atoms with Crippen molar-refractivity contribution in [3.05, 3.63) is 48.5 Å². The third-order valence-electron chi connectivity index (χ3n) is 3.76. The van der Waals surface area contributed by atoms with Crippen LogP contribution in [0.2, 0.25) is 0 Å². The second-order valence-corrected chi connectivity index (χ2v) is 5.48. The molecule has 2 aromatic heterocycles. The Morgan fingerprint density at radius 2 is 2.23 bits per heavy atom. The molecule has 0 spiro atoms. The summed E-state index contributed by atoms with van der Waals surface area (Å²) in [6, 6.07) is 9.88. The van der Waals surface area contributed by atoms with Crippen molar-refractivity contribution in [1.29, 1.82) is 0 Å². The smallest absolute Gasteiger partial charge is 0.157 e. The van der Waals surface area contributed by atoms with Crippen LogP contribution in [-0.2, 0) is 11.3 Å². The van der Waals surface area contributed by atoms with E-state index in [9.17, 15) is 0 Å². The van der Waals surface area contributed by atoms with E-state index in [0.29, 0.717) is 25.5 Å². The predicted molar refractivity (Wildman–Crippen MR) is 80.8 cm³/mol. The summed E-state index contributed by atoms with van der Waals surface area (Å²) in [6.45, 7) is 1.62. The Morgan fingerprint density at radius 3 is 3.05 bits per heavy atom. The molecule has 0 saturated carbocycles. The van der Waals surface area contributed by atoms with Gasteiger partial charge in [-0.2, -0.15) is 5.10 Å². The fourth-order valence-corrected chi connectivity index (χ4v) is 2.61. The fraction of sp³-hybridized carbons (Fsp3) is 0.312. The molecule has 114 valence electrons. The molecule has 1 aromatic carbocycles. The number of nitrogens with two attached hydrogens (primary N) is 1. The third-order valence-corrected chi connectivity index (χ3v) is 3.76. The molecule has 6 nitrogen and oxygen atoms in total. The number of hydrogen-bond donors (Lipinski definition) is 1. The van der Waals surface area contributed by atoms with Crippen molar-refractivity contribution >= 4 is 11.0 Å². The van der Waals surface area contributed by atoms with E-state index in [1.165, 1.54) is 0 Å². The lowest BCUT2D eigenvalue weighted by Gasteiger charge is -2.13. The molecule has 0 bridgehead atoms. The average molecular weight is 299 g/mol. The maximum absolute atomic E-state index is 5.91. The Kier molecular flexibility index (Phi) is 3.32. The maximum Gasteiger partial charge on any atom is 0.157 e. The molecule has 6 heteroatoms. The minimum atomic E-state index is -0.108. The minimum Gasteiger partial charge on any atom is -0.483 e. The molecule has 4 rings (SSSR count). The molecule has 1 fully saturated rings. The average Bonchev–Trinajstić information content (AvgIpc) is 3.21. The number of para-hydroxylation sites is 1. The summed E-state index contributed by atoms with van der Waals surface area (Å²) in [5, 5.41) is 5.39. The van der Waals surface area contributed by atoms with Gasteiger partial charge in [0, 0.05) is 5.39 Å². The zero-order chi connectivity index (χ0) is 14.9. The first-order valence-corrected chi connectivity index (χ1v) is 7.28. The summed E-state index contributed by atoms with van der Waals surface area (Å²) in [6.07, 6.45) is 3.43. The quantitative estimate of drug-likeness (QED) is 0.795. The zero-order valence-corrected chi connectivity index (χ0v) is 12.0. The highest BCUT2D eigenvalue weighted by Gasteiger charge is 2.26. The number of ether oxygens (including phenoxy) is 2. The van der Waals surface area contributed by atoms with Crippen LogP contribution in [0.3, 0.4) is 0 Å². The number of aromatic nitrogens is 2. The Labute approximate surface area is 127 Å². The molecule has 22 heavy (non-hydrogen) atoms. The Balaban J connectivity index is 1.47. The number of furan rings is 1. The van der Waals surface area contributed by atoms with E-state index in [0.717, 1.165) is 16.7 Å². The SMILES string of the molecule is N[C@H]1COC[C@H]1Oc1cnn(Cc2cc3ccccc3o2)c1. The van der Waals surface area contributed by atoms with Crippen LogP contribution in [0.25, 0.3) is 11.0 Å². The fourth-order valence-electron chi connectivity index (χ4n) is 2.61. The van der Waals surface area contributed by atoms with Gasteiger partial charge in [-0.25, -0.2) is 0 Å². The van der Waals surface area contributed by atoms with E-state index in [4.69, 9.17) is 19.6 Å². The Hall–Kier alpha value is -2.31. The van der Waals surface area contributed by atoms with Crippen molar-refractivity contribution in [3.8, 4) is 5.75 Å². The number of rotatable bonds is 4. The van der Waals surface area contributed by atoms with Gasteiger partial charge < -0.3 is 19.6 Å². The van der Waals surface area contributed by atoms with Crippen LogP contribution in [0.1, 0.15) is 5.76 Å². The van der Waals surface area contributed by atoms with E-state index < -0.39 is 0 Å². The van der Waals surface area contributed by atoms with Crippen molar-refractivity contribution in [2.24, 2.45) is 5.73 Å². The summed E-state index contributed by atoms with van der Waals surface area (Å²) in [7, 11) is 0. The molecule has 1 aliphatic heterocycles. The number of fused-ring (bicyclic) bond motifs is 1. The van der Waals surface area contributed by atoms with Crippen molar-refractivity contribution < 1.29 is 13.9 Å². The normalized spacial score (nSPS) is 21.5. The summed E-state index contributed by atoms with van der Waals surface area (Å²) in [5.74, 6) is 1.55. The summed E-state index contributed by atoms with van der Waals surface area (Å²) in [5.41, 5.74) is 6.79. The van der Waals surface area contributed by atoms with Crippen molar-refractivity contribution in [2.75, 3.05) is 13.2 Å². The lowest BCUT2D eigenvalue weighted by atomic mass is 10.2. The van der Waals surface area contributed by atoms with Crippen LogP contribution in [0, 0.1) is 0 Å². The van der Waals surface area contributed by atoms with Crippen molar-refractivity contribution in [1.82, 2.24) is 9.78 Å². The molecule has 2 N–H and O–H groups in total. The Morgan fingerprint density at radius 1 is 1.32 bits per heavy atom. The molecule has 0 aliphatic carbocycles. The summed E-state index contributed by atoms with van der Waals surface area (Å²) < 4.78 is 18.7. The monoisotopic (exact) mass is 299 g/mol. The molecule has 3 aromatic rings. The largest absolute Gasteiger partial charge is 0.483 e. The summed E-state index contributed by atoms with van der Waals surface area (Å²) >= 11 is 0. The van der Waals surface area contributed by atoms with Gasteiger partial charge in [-0.15, -0.1) is 0 Å². The standard InChI is InChI=1S/C16H17N3O3/c17-14-9-20-10-16(14)22-13-6-18-19(8-13)7-12-5-11-3-1-2-4-15(11)21-12/h1-6,8,14,16H,7,9-10,17H2/t14-,16+/m0/s1. The van der Waals surface area contributed by atoms with E-state index >= 15 is 0 Å². The second-order valence-electron chi connectivity index (χ2n) is 5.48. The number of benzene rings is 1. The second kappa shape index (κ2) is 5.47. The first kappa shape index (κ1) is 13.4. The van der Waals surface area contributed by atoms with Gasteiger partial charge in [-0.1, -0.05) is 18.2 Å². The van der Waals surface area contributed by atoms with Crippen LogP contribution in [0.15, 0.2) is 47.1 Å². The van der Waals surface area contributed by atoms with Gasteiger partial charge in [0.15, 0.2) is 5.75 Å². The third kappa shape index (κ3) is 2.58. The van der Waals surface area contributed by atoms with E-state index in [-0.39, 0.29) is 12.1 Å². The van der Waals surface area contributed by atoms with Gasteiger partial charge >= 0.3 is 0 Å². The maximum atomic E-state index is 5.91. The molecule has 0 unspecified atom stereocenters. The van der Waals surface area contributed by atoms with E-state index in [1.807, 2.05) is 36.5 Å². The van der Waals surface area contributed by atoms with Crippen LogP contribution in [0.5, 0.6) is 5.75 Å². The lowest BCUT2D eigenvalue weighted by Crippen LogP contribution is -2.37. The molecule has 0 radical (unpaired) electrons. The van der Waals surface area contributed by atoms with Crippen LogP contribution in [-0.4, -0.2) is 35.1 Å². The first-order valence-electron chi connectivity index (χ1n) is 7.28. The molecule has 0 amide bonds. The van der Waals surface area contributed by atoms with Gasteiger partial charge in [0.1, 0.15) is 17.4 Å². The molecule has 2 atom stereocenters. The molecule has 1 saturated heterocycles. The molecule has 3 heterocycles. The van der Waals surface area contributed by atoms with Gasteiger partial charge in [0.25, 0.3) is 0 Å². The molecular weight excluding hydrogens is 282 g/mol. The van der Waals surface area contributed by atoms with Crippen molar-refractivity contribution in [2.45, 2.75) is 18.7 Å². The highest BCUT2D eigenvalue weighted by molar-refractivity contribution is 5.77. The molecular formula is C16H17N3O3. The van der Waals surface area contributed by atoms with Crippen LogP contribution in [0.4, 0.5) is 0 Å². The molecule has 1 aliphatic rings. The van der Waals surface area contributed by atoms with Gasteiger partial charge in [0.05, 0.1) is 38.2 Å².